The summed E-state index contributed by atoms with van der Waals surface area (Å²) in [7, 11) is 0. The molecule has 5 heteroatoms. The second-order valence-corrected chi connectivity index (χ2v) is 6.90. The summed E-state index contributed by atoms with van der Waals surface area (Å²) in [5.74, 6) is -0.837. The smallest absolute Gasteiger partial charge is 0.257 e. The molecule has 0 fully saturated rings. The van der Waals surface area contributed by atoms with E-state index in [0.717, 1.165) is 42.5 Å². The molecule has 0 saturated carbocycles. The first-order valence-electron chi connectivity index (χ1n) is 9.29. The number of aromatic nitrogens is 2. The highest BCUT2D eigenvalue weighted by atomic mass is 19.1. The molecule has 4 rings (SSSR count). The highest BCUT2D eigenvalue weighted by Gasteiger charge is 2.22. The summed E-state index contributed by atoms with van der Waals surface area (Å²) in [4.78, 5) is 17.9. The average molecular weight is 364 g/mol. The first kappa shape index (κ1) is 17.5. The largest absolute Gasteiger partial charge is 0.504 e. The predicted octanol–water partition coefficient (Wildman–Crippen LogP) is 3.88. The number of aryl methyl sites for hydroxylation is 2. The van der Waals surface area contributed by atoms with Gasteiger partial charge in [-0.3, -0.25) is 9.36 Å². The van der Waals surface area contributed by atoms with Crippen LogP contribution in [0.4, 0.5) is 4.39 Å². The van der Waals surface area contributed by atoms with Crippen LogP contribution in [0.2, 0.25) is 0 Å². The minimum atomic E-state index is -0.714. The fourth-order valence-corrected chi connectivity index (χ4v) is 3.68. The zero-order chi connectivity index (χ0) is 18.8. The van der Waals surface area contributed by atoms with Gasteiger partial charge in [-0.15, -0.1) is 0 Å². The highest BCUT2D eigenvalue weighted by molar-refractivity contribution is 5.64. The van der Waals surface area contributed by atoms with E-state index in [1.165, 1.54) is 12.1 Å². The number of fused-ring (bicyclic) bond motifs is 1. The van der Waals surface area contributed by atoms with Crippen LogP contribution < -0.4 is 5.56 Å². The summed E-state index contributed by atoms with van der Waals surface area (Å²) < 4.78 is 15.5. The third-order valence-corrected chi connectivity index (χ3v) is 5.13. The van der Waals surface area contributed by atoms with Crippen LogP contribution in [0.3, 0.4) is 0 Å². The van der Waals surface area contributed by atoms with Gasteiger partial charge in [-0.05, 0) is 49.8 Å². The predicted molar refractivity (Wildman–Crippen MR) is 102 cm³/mol. The lowest BCUT2D eigenvalue weighted by atomic mass is 9.96. The molecular formula is C22H21FN2O2. The number of benzene rings is 2. The van der Waals surface area contributed by atoms with Crippen molar-refractivity contribution in [2.24, 2.45) is 0 Å². The summed E-state index contributed by atoms with van der Waals surface area (Å²) in [5.41, 5.74) is 2.83. The Kier molecular flexibility index (Phi) is 4.75. The summed E-state index contributed by atoms with van der Waals surface area (Å²) >= 11 is 0. The number of phenolic OH excluding ortho intramolecular Hbond substituents is 1. The van der Waals surface area contributed by atoms with E-state index in [-0.39, 0.29) is 11.1 Å². The van der Waals surface area contributed by atoms with Gasteiger partial charge in [0.2, 0.25) is 0 Å². The minimum Gasteiger partial charge on any atom is -0.504 e. The van der Waals surface area contributed by atoms with Crippen molar-refractivity contribution in [1.29, 1.82) is 0 Å². The van der Waals surface area contributed by atoms with Gasteiger partial charge in [-0.1, -0.05) is 36.4 Å². The van der Waals surface area contributed by atoms with Crippen molar-refractivity contribution in [1.82, 2.24) is 9.55 Å². The molecule has 27 heavy (non-hydrogen) atoms. The van der Waals surface area contributed by atoms with Gasteiger partial charge in [0, 0.05) is 12.1 Å². The monoisotopic (exact) mass is 364 g/mol. The van der Waals surface area contributed by atoms with Crippen LogP contribution in [0.15, 0.2) is 53.3 Å². The molecule has 1 heterocycles. The Morgan fingerprint density at radius 2 is 1.81 bits per heavy atom. The van der Waals surface area contributed by atoms with Crippen LogP contribution in [-0.4, -0.2) is 14.7 Å². The van der Waals surface area contributed by atoms with Gasteiger partial charge < -0.3 is 5.11 Å². The van der Waals surface area contributed by atoms with Gasteiger partial charge in [-0.2, -0.15) is 0 Å². The van der Waals surface area contributed by atoms with Crippen LogP contribution >= 0.6 is 0 Å². The number of aromatic hydroxyl groups is 1. The molecule has 0 amide bonds. The number of hydrogen-bond acceptors (Lipinski definition) is 3. The van der Waals surface area contributed by atoms with Crippen molar-refractivity contribution < 1.29 is 9.50 Å². The second kappa shape index (κ2) is 7.35. The second-order valence-electron chi connectivity index (χ2n) is 6.90. The fourth-order valence-electron chi connectivity index (χ4n) is 3.68. The molecule has 0 unspecified atom stereocenters. The fraction of sp³-hybridized carbons (Fsp3) is 0.273. The summed E-state index contributed by atoms with van der Waals surface area (Å²) in [6.45, 7) is 0.425. The number of halogens is 1. The third kappa shape index (κ3) is 3.37. The lowest BCUT2D eigenvalue weighted by Gasteiger charge is -2.20. The molecular weight excluding hydrogens is 343 g/mol. The van der Waals surface area contributed by atoms with E-state index in [0.29, 0.717) is 18.8 Å². The molecule has 1 N–H and O–H groups in total. The summed E-state index contributed by atoms with van der Waals surface area (Å²) in [6, 6.07) is 14.2. The quantitative estimate of drug-likeness (QED) is 0.764. The Labute approximate surface area is 156 Å². The Morgan fingerprint density at radius 1 is 1.04 bits per heavy atom. The Hall–Kier alpha value is -2.95. The lowest BCUT2D eigenvalue weighted by molar-refractivity contribution is 0.433. The first-order valence-corrected chi connectivity index (χ1v) is 9.29. The van der Waals surface area contributed by atoms with Crippen LogP contribution in [0.5, 0.6) is 5.75 Å². The van der Waals surface area contributed by atoms with Crippen LogP contribution in [0.25, 0.3) is 11.4 Å². The van der Waals surface area contributed by atoms with E-state index in [4.69, 9.17) is 4.98 Å². The van der Waals surface area contributed by atoms with E-state index in [9.17, 15) is 14.3 Å². The van der Waals surface area contributed by atoms with Gasteiger partial charge in [0.1, 0.15) is 5.82 Å². The average Bonchev–Trinajstić information content (AvgIpc) is 2.70. The normalized spacial score (nSPS) is 13.4. The van der Waals surface area contributed by atoms with Gasteiger partial charge in [0.25, 0.3) is 5.56 Å². The van der Waals surface area contributed by atoms with Crippen molar-refractivity contribution in [3.8, 4) is 17.1 Å². The van der Waals surface area contributed by atoms with Crippen molar-refractivity contribution in [3.05, 3.63) is 81.5 Å². The number of rotatable bonds is 4. The van der Waals surface area contributed by atoms with Crippen molar-refractivity contribution >= 4 is 0 Å². The first-order chi connectivity index (χ1) is 13.1. The maximum absolute atomic E-state index is 13.9. The topological polar surface area (TPSA) is 55.1 Å². The van der Waals surface area contributed by atoms with Crippen molar-refractivity contribution in [2.75, 3.05) is 0 Å². The zero-order valence-corrected chi connectivity index (χ0v) is 15.0. The molecule has 2 aromatic carbocycles. The zero-order valence-electron chi connectivity index (χ0n) is 15.0. The molecule has 4 nitrogen and oxygen atoms in total. The Balaban J connectivity index is 1.84. The van der Waals surface area contributed by atoms with Gasteiger partial charge in [0.05, 0.1) is 11.3 Å². The van der Waals surface area contributed by atoms with Crippen molar-refractivity contribution in [2.45, 2.75) is 38.6 Å². The summed E-state index contributed by atoms with van der Waals surface area (Å²) in [5, 5.41) is 10.2. The molecule has 1 aliphatic carbocycles. The molecule has 0 aliphatic heterocycles. The maximum atomic E-state index is 13.9. The molecule has 0 atom stereocenters. The van der Waals surface area contributed by atoms with Gasteiger partial charge in [-0.25, -0.2) is 9.37 Å². The number of para-hydroxylation sites is 1. The molecule has 138 valence electrons. The lowest BCUT2D eigenvalue weighted by Crippen LogP contribution is -2.31. The number of nitrogens with zero attached hydrogens (tertiary/aromatic N) is 2. The van der Waals surface area contributed by atoms with Gasteiger partial charge >= 0.3 is 0 Å². The minimum absolute atomic E-state index is 0.0747. The van der Waals surface area contributed by atoms with Gasteiger partial charge in [0.15, 0.2) is 11.6 Å². The van der Waals surface area contributed by atoms with Crippen LogP contribution in [-0.2, 0) is 25.8 Å². The molecule has 0 radical (unpaired) electrons. The van der Waals surface area contributed by atoms with E-state index >= 15 is 0 Å². The molecule has 0 saturated heterocycles. The molecule has 0 spiro atoms. The molecule has 0 bridgehead atoms. The third-order valence-electron chi connectivity index (χ3n) is 5.13. The highest BCUT2D eigenvalue weighted by Crippen LogP contribution is 2.31. The number of phenols is 1. The Bertz CT molecular complexity index is 1030. The standard InChI is InChI=1S/C22H21FN2O2/c23-18-11-6-10-17(20(18)26)21-24-19-12-5-4-9-16(19)22(27)25(21)14-13-15-7-2-1-3-8-15/h1-3,6-8,10-11,26H,4-5,9,12-14H2. The molecule has 3 aromatic rings. The number of hydrogen-bond donors (Lipinski definition) is 1. The van der Waals surface area contributed by atoms with E-state index in [2.05, 4.69) is 0 Å². The summed E-state index contributed by atoms with van der Waals surface area (Å²) in [6.07, 6.45) is 4.09. The van der Waals surface area contributed by atoms with E-state index < -0.39 is 11.6 Å². The van der Waals surface area contributed by atoms with Crippen molar-refractivity contribution in [3.63, 3.8) is 0 Å². The molecule has 1 aliphatic rings. The Morgan fingerprint density at radius 3 is 2.63 bits per heavy atom. The van der Waals surface area contributed by atoms with E-state index in [1.807, 2.05) is 30.3 Å². The molecule has 1 aromatic heterocycles. The van der Waals surface area contributed by atoms with Crippen LogP contribution in [0.1, 0.15) is 29.7 Å². The maximum Gasteiger partial charge on any atom is 0.257 e. The SMILES string of the molecule is O=c1c2c(nc(-c3cccc(F)c3O)n1CCc1ccccc1)CCCC2. The van der Waals surface area contributed by atoms with E-state index in [1.54, 1.807) is 10.6 Å². The van der Waals surface area contributed by atoms with Crippen LogP contribution in [0, 0.1) is 5.82 Å².